The molecule has 9 nitrogen and oxygen atoms in total. The third-order valence-electron chi connectivity index (χ3n) is 4.60. The fourth-order valence-corrected chi connectivity index (χ4v) is 2.88. The van der Waals surface area contributed by atoms with E-state index < -0.39 is 29.4 Å². The van der Waals surface area contributed by atoms with Crippen LogP contribution < -0.4 is 0 Å². The van der Waals surface area contributed by atoms with Gasteiger partial charge in [0.15, 0.2) is 0 Å². The number of amides is 2. The molecule has 0 aliphatic carbocycles. The van der Waals surface area contributed by atoms with Gasteiger partial charge in [-0.25, -0.2) is 24.3 Å². The van der Waals surface area contributed by atoms with Gasteiger partial charge < -0.3 is 18.8 Å². The molecule has 0 spiro atoms. The van der Waals surface area contributed by atoms with Crippen LogP contribution in [0.25, 0.3) is 5.57 Å². The minimum atomic E-state index is -0.776. The molecule has 9 heteroatoms. The van der Waals surface area contributed by atoms with Crippen molar-refractivity contribution in [1.29, 1.82) is 0 Å². The van der Waals surface area contributed by atoms with Gasteiger partial charge in [0.05, 0.1) is 24.7 Å². The number of imidazole rings is 1. The maximum atomic E-state index is 12.6. The number of allylic oxidation sites excluding steroid dienone is 1. The predicted molar refractivity (Wildman–Crippen MR) is 135 cm³/mol. The van der Waals surface area contributed by atoms with Crippen LogP contribution in [0.1, 0.15) is 87.3 Å². The summed E-state index contributed by atoms with van der Waals surface area (Å²) in [4.78, 5) is 43.0. The monoisotopic (exact) mass is 493 g/mol. The summed E-state index contributed by atoms with van der Waals surface area (Å²) in [6.45, 7) is 17.7. The molecule has 0 N–H and O–H groups in total. The van der Waals surface area contributed by atoms with Crippen LogP contribution >= 0.6 is 0 Å². The summed E-state index contributed by atoms with van der Waals surface area (Å²) < 4.78 is 17.6. The smallest absolute Gasteiger partial charge is 0.419 e. The van der Waals surface area contributed by atoms with Crippen molar-refractivity contribution in [1.82, 2.24) is 14.5 Å². The van der Waals surface area contributed by atoms with Crippen LogP contribution in [0.4, 0.5) is 9.59 Å². The SMILES string of the molecule is COC(=O)/C(=C\CCCN(C(=O)OC(C)(C)C)C(=O)OC(C)(C)C)c1cn(CCC(C)(C)C)cn1. The summed E-state index contributed by atoms with van der Waals surface area (Å²) in [7, 11) is 1.32. The van der Waals surface area contributed by atoms with Crippen LogP contribution in [0.15, 0.2) is 18.6 Å². The van der Waals surface area contributed by atoms with Crippen LogP contribution in [-0.2, 0) is 25.5 Å². The highest BCUT2D eigenvalue weighted by molar-refractivity contribution is 6.15. The van der Waals surface area contributed by atoms with E-state index in [9.17, 15) is 14.4 Å². The molecule has 0 aliphatic rings. The number of hydrogen-bond acceptors (Lipinski definition) is 7. The van der Waals surface area contributed by atoms with Crippen LogP contribution in [0, 0.1) is 5.41 Å². The average molecular weight is 494 g/mol. The van der Waals surface area contributed by atoms with Gasteiger partial charge in [0.1, 0.15) is 11.2 Å². The Balaban J connectivity index is 2.95. The number of esters is 1. The Hall–Kier alpha value is -2.84. The summed E-state index contributed by atoms with van der Waals surface area (Å²) in [6, 6.07) is 0. The predicted octanol–water partition coefficient (Wildman–Crippen LogP) is 5.83. The molecule has 1 rings (SSSR count). The van der Waals surface area contributed by atoms with E-state index in [0.29, 0.717) is 24.1 Å². The molecule has 0 bridgehead atoms. The third kappa shape index (κ3) is 11.9. The maximum absolute atomic E-state index is 12.6. The third-order valence-corrected chi connectivity index (χ3v) is 4.60. The topological polar surface area (TPSA) is 100.0 Å². The summed E-state index contributed by atoms with van der Waals surface area (Å²) in [5, 5.41) is 0. The number of ether oxygens (including phenoxy) is 3. The van der Waals surface area contributed by atoms with Crippen molar-refractivity contribution in [3.63, 3.8) is 0 Å². The number of carbonyl (C=O) groups is 3. The zero-order valence-electron chi connectivity index (χ0n) is 23.1. The van der Waals surface area contributed by atoms with Crippen LogP contribution in [-0.4, -0.2) is 57.5 Å². The van der Waals surface area contributed by atoms with E-state index in [1.807, 2.05) is 10.8 Å². The first-order valence-corrected chi connectivity index (χ1v) is 12.0. The number of aryl methyl sites for hydroxylation is 1. The van der Waals surface area contributed by atoms with Gasteiger partial charge >= 0.3 is 18.2 Å². The number of carbonyl (C=O) groups excluding carboxylic acids is 3. The van der Waals surface area contributed by atoms with Crippen LogP contribution in [0.2, 0.25) is 0 Å². The maximum Gasteiger partial charge on any atom is 0.419 e. The Morgan fingerprint density at radius 3 is 1.97 bits per heavy atom. The van der Waals surface area contributed by atoms with Crippen molar-refractivity contribution >= 4 is 23.7 Å². The van der Waals surface area contributed by atoms with Gasteiger partial charge in [-0.15, -0.1) is 0 Å². The van der Waals surface area contributed by atoms with E-state index in [2.05, 4.69) is 25.8 Å². The van der Waals surface area contributed by atoms with Gasteiger partial charge in [-0.2, -0.15) is 0 Å². The summed E-state index contributed by atoms with van der Waals surface area (Å²) in [5.74, 6) is -0.498. The zero-order chi connectivity index (χ0) is 27.0. The Bertz CT molecular complexity index is 869. The molecule has 2 amide bonds. The molecule has 1 aromatic rings. The first-order valence-electron chi connectivity index (χ1n) is 12.0. The second kappa shape index (κ2) is 12.2. The Labute approximate surface area is 209 Å². The van der Waals surface area contributed by atoms with Gasteiger partial charge in [-0.1, -0.05) is 26.8 Å². The minimum absolute atomic E-state index is 0.0643. The zero-order valence-corrected chi connectivity index (χ0v) is 23.1. The molecule has 0 unspecified atom stereocenters. The lowest BCUT2D eigenvalue weighted by molar-refractivity contribution is -0.133. The summed E-state index contributed by atoms with van der Waals surface area (Å²) >= 11 is 0. The molecular formula is C26H43N3O6. The van der Waals surface area contributed by atoms with Gasteiger partial charge in [-0.05, 0) is 66.2 Å². The number of methoxy groups -OCH3 is 1. The van der Waals surface area contributed by atoms with Crippen molar-refractivity contribution in [2.24, 2.45) is 5.41 Å². The molecule has 1 aromatic heterocycles. The summed E-state index contributed by atoms with van der Waals surface area (Å²) in [5.41, 5.74) is -0.494. The Morgan fingerprint density at radius 2 is 1.51 bits per heavy atom. The van der Waals surface area contributed by atoms with E-state index in [1.165, 1.54) is 7.11 Å². The largest absolute Gasteiger partial charge is 0.465 e. The molecule has 0 aliphatic heterocycles. The lowest BCUT2D eigenvalue weighted by atomic mass is 9.92. The number of nitrogens with zero attached hydrogens (tertiary/aromatic N) is 3. The van der Waals surface area contributed by atoms with Crippen molar-refractivity contribution in [2.75, 3.05) is 13.7 Å². The quantitative estimate of drug-likeness (QED) is 0.194. The van der Waals surface area contributed by atoms with Gasteiger partial charge in [0.2, 0.25) is 0 Å². The highest BCUT2D eigenvalue weighted by Crippen LogP contribution is 2.21. The molecule has 198 valence electrons. The van der Waals surface area contributed by atoms with Crippen LogP contribution in [0.5, 0.6) is 0 Å². The molecule has 0 atom stereocenters. The van der Waals surface area contributed by atoms with Crippen LogP contribution in [0.3, 0.4) is 0 Å². The molecule has 35 heavy (non-hydrogen) atoms. The minimum Gasteiger partial charge on any atom is -0.465 e. The number of unbranched alkanes of at least 4 members (excludes halogenated alkanes) is 1. The standard InChI is InChI=1S/C26H43N3O6/c1-24(2,3)14-16-28-17-20(27-18-28)19(21(30)33-10)13-11-12-15-29(22(31)34-25(4,5)6)23(32)35-26(7,8)9/h13,17-18H,11-12,14-16H2,1-10H3/b19-13-. The fraction of sp³-hybridized carbons (Fsp3) is 0.692. The Kier molecular flexibility index (Phi) is 10.5. The Morgan fingerprint density at radius 1 is 0.971 bits per heavy atom. The molecule has 0 aromatic carbocycles. The highest BCUT2D eigenvalue weighted by Gasteiger charge is 2.30. The number of aromatic nitrogens is 2. The van der Waals surface area contributed by atoms with E-state index in [-0.39, 0.29) is 12.0 Å². The van der Waals surface area contributed by atoms with Gasteiger partial charge in [0.25, 0.3) is 0 Å². The van der Waals surface area contributed by atoms with Crippen molar-refractivity contribution in [3.8, 4) is 0 Å². The average Bonchev–Trinajstić information content (AvgIpc) is 3.13. The fourth-order valence-electron chi connectivity index (χ4n) is 2.88. The van der Waals surface area contributed by atoms with Crippen molar-refractivity contribution in [3.05, 3.63) is 24.3 Å². The first-order chi connectivity index (χ1) is 15.9. The lowest BCUT2D eigenvalue weighted by Crippen LogP contribution is -2.44. The molecule has 1 heterocycles. The number of imide groups is 1. The summed E-state index contributed by atoms with van der Waals surface area (Å²) in [6.07, 6.45) is 5.44. The van der Waals surface area contributed by atoms with Crippen molar-refractivity contribution < 1.29 is 28.6 Å². The van der Waals surface area contributed by atoms with Crippen molar-refractivity contribution in [2.45, 2.75) is 99.3 Å². The second-order valence-corrected chi connectivity index (χ2v) is 11.7. The number of rotatable bonds is 8. The normalized spacial score (nSPS) is 12.8. The second-order valence-electron chi connectivity index (χ2n) is 11.7. The first kappa shape index (κ1) is 30.2. The lowest BCUT2D eigenvalue weighted by Gasteiger charge is -2.28. The van der Waals surface area contributed by atoms with E-state index >= 15 is 0 Å². The van der Waals surface area contributed by atoms with E-state index in [0.717, 1.165) is 17.9 Å². The molecule has 0 saturated heterocycles. The van der Waals surface area contributed by atoms with Gasteiger partial charge in [-0.3, -0.25) is 0 Å². The molecular weight excluding hydrogens is 450 g/mol. The highest BCUT2D eigenvalue weighted by atomic mass is 16.6. The molecule has 0 saturated carbocycles. The van der Waals surface area contributed by atoms with Gasteiger partial charge in [0, 0.05) is 19.3 Å². The molecule has 0 fully saturated rings. The van der Waals surface area contributed by atoms with E-state index in [4.69, 9.17) is 14.2 Å². The molecule has 0 radical (unpaired) electrons. The number of hydrogen-bond donors (Lipinski definition) is 0. The van der Waals surface area contributed by atoms with E-state index in [1.54, 1.807) is 53.9 Å².